The summed E-state index contributed by atoms with van der Waals surface area (Å²) in [6.45, 7) is 0.254. The Morgan fingerprint density at radius 3 is 1.72 bits per heavy atom. The lowest BCUT2D eigenvalue weighted by Crippen LogP contribution is -2.48. The van der Waals surface area contributed by atoms with Gasteiger partial charge in [-0.2, -0.15) is 0 Å². The Morgan fingerprint density at radius 2 is 1.39 bits per heavy atom. The van der Waals surface area contributed by atoms with Crippen LogP contribution in [0.15, 0.2) is 0 Å². The Kier molecular flexibility index (Phi) is 5.53. The number of hydrogen-bond acceptors (Lipinski definition) is 4. The van der Waals surface area contributed by atoms with E-state index in [1.807, 2.05) is 0 Å². The van der Waals surface area contributed by atoms with Gasteiger partial charge in [-0.15, -0.1) is 0 Å². The first-order valence-electron chi connectivity index (χ1n) is 5.63. The van der Waals surface area contributed by atoms with E-state index in [0.29, 0.717) is 13.1 Å². The molecule has 0 spiro atoms. The number of rotatable bonds is 5. The Balaban J connectivity index is 3.01. The average Bonchev–Trinajstić information content (AvgIpc) is 2.23. The van der Waals surface area contributed by atoms with Crippen LogP contribution in [0.2, 0.25) is 0 Å². The van der Waals surface area contributed by atoms with Crippen LogP contribution < -0.4 is 0 Å². The molecule has 18 heavy (non-hydrogen) atoms. The van der Waals surface area contributed by atoms with Gasteiger partial charge in [0.15, 0.2) is 5.40 Å². The third-order valence-corrected chi connectivity index (χ3v) is 6.95. The van der Waals surface area contributed by atoms with Gasteiger partial charge < -0.3 is 24.7 Å². The van der Waals surface area contributed by atoms with Crippen molar-refractivity contribution in [1.29, 1.82) is 0 Å². The van der Waals surface area contributed by atoms with Gasteiger partial charge in [0.25, 0.3) is 0 Å². The monoisotopic (exact) mass is 303 g/mol. The third kappa shape index (κ3) is 4.11. The molecule has 0 bridgehead atoms. The zero-order valence-electron chi connectivity index (χ0n) is 9.79. The summed E-state index contributed by atoms with van der Waals surface area (Å²) < 4.78 is 22.6. The second-order valence-electron chi connectivity index (χ2n) is 4.44. The van der Waals surface area contributed by atoms with Gasteiger partial charge in [-0.3, -0.25) is 14.0 Å². The Bertz CT molecular complexity index is 336. The van der Waals surface area contributed by atoms with E-state index >= 15 is 0 Å². The highest BCUT2D eigenvalue weighted by Gasteiger charge is 2.50. The highest BCUT2D eigenvalue weighted by Crippen LogP contribution is 2.61. The van der Waals surface area contributed by atoms with Crippen LogP contribution in [0.1, 0.15) is 19.3 Å². The Hall–Kier alpha value is 0.220. The summed E-state index contributed by atoms with van der Waals surface area (Å²) in [5, 5.41) is 7.09. The molecular formula is C8H19NO7P2. The van der Waals surface area contributed by atoms with Crippen LogP contribution in [0.5, 0.6) is 0 Å². The topological polar surface area (TPSA) is 139 Å². The van der Waals surface area contributed by atoms with Crippen molar-refractivity contribution >= 4 is 15.2 Å². The number of nitrogens with zero attached hydrogens (tertiary/aromatic N) is 1. The van der Waals surface area contributed by atoms with Crippen molar-refractivity contribution in [3.05, 3.63) is 0 Å². The van der Waals surface area contributed by atoms with Gasteiger partial charge in [-0.25, -0.2) is 0 Å². The fourth-order valence-electron chi connectivity index (χ4n) is 2.29. The van der Waals surface area contributed by atoms with Crippen molar-refractivity contribution in [3.63, 3.8) is 0 Å². The lowest BCUT2D eigenvalue weighted by molar-refractivity contribution is 0.102. The van der Waals surface area contributed by atoms with Crippen molar-refractivity contribution in [2.75, 3.05) is 19.7 Å². The molecule has 0 aliphatic carbocycles. The fourth-order valence-corrected chi connectivity index (χ4v) is 5.32. The van der Waals surface area contributed by atoms with E-state index in [9.17, 15) is 14.2 Å². The summed E-state index contributed by atoms with van der Waals surface area (Å²) in [6, 6.07) is -1.22. The third-order valence-electron chi connectivity index (χ3n) is 3.08. The summed E-state index contributed by atoms with van der Waals surface area (Å²) in [7, 11) is -10.0. The van der Waals surface area contributed by atoms with Gasteiger partial charge >= 0.3 is 15.2 Å². The smallest absolute Gasteiger partial charge is 0.342 e. The minimum absolute atomic E-state index is 0.474. The van der Waals surface area contributed by atoms with E-state index in [1.54, 1.807) is 4.90 Å². The largest absolute Gasteiger partial charge is 0.395 e. The first-order chi connectivity index (χ1) is 8.18. The summed E-state index contributed by atoms with van der Waals surface area (Å²) in [5.74, 6) is 0. The van der Waals surface area contributed by atoms with Crippen molar-refractivity contribution < 1.29 is 33.8 Å². The van der Waals surface area contributed by atoms with E-state index < -0.39 is 33.2 Å². The second-order valence-corrected chi connectivity index (χ2v) is 8.31. The summed E-state index contributed by atoms with van der Waals surface area (Å²) in [5.41, 5.74) is 0. The first kappa shape index (κ1) is 16.3. The maximum absolute atomic E-state index is 11.3. The van der Waals surface area contributed by atoms with Crippen LogP contribution in [-0.2, 0) is 9.13 Å². The zero-order valence-corrected chi connectivity index (χ0v) is 11.6. The predicted molar refractivity (Wildman–Crippen MR) is 64.2 cm³/mol. The van der Waals surface area contributed by atoms with Crippen LogP contribution >= 0.6 is 15.2 Å². The molecule has 0 aromatic rings. The lowest BCUT2D eigenvalue weighted by atomic mass is 10.1. The van der Waals surface area contributed by atoms with Crippen LogP contribution in [-0.4, -0.2) is 60.7 Å². The molecule has 1 atom stereocenters. The van der Waals surface area contributed by atoms with Gasteiger partial charge in [0.05, 0.1) is 12.6 Å². The predicted octanol–water partition coefficient (Wildman–Crippen LogP) is -0.485. The molecule has 8 nitrogen and oxygen atoms in total. The molecule has 1 unspecified atom stereocenters. The van der Waals surface area contributed by atoms with Gasteiger partial charge in [-0.1, -0.05) is 6.42 Å². The van der Waals surface area contributed by atoms with Crippen molar-refractivity contribution in [3.8, 4) is 0 Å². The molecule has 0 aromatic heterocycles. The normalized spacial score (nSPS) is 21.2. The Labute approximate surface area is 105 Å². The van der Waals surface area contributed by atoms with Gasteiger partial charge in [0, 0.05) is 0 Å². The number of likely N-dealkylation sites (tertiary alicyclic amines) is 1. The van der Waals surface area contributed by atoms with Crippen molar-refractivity contribution in [2.24, 2.45) is 0 Å². The van der Waals surface area contributed by atoms with Crippen LogP contribution in [0.3, 0.4) is 0 Å². The molecule has 1 heterocycles. The minimum Gasteiger partial charge on any atom is -0.395 e. The summed E-state index contributed by atoms with van der Waals surface area (Å²) in [4.78, 5) is 38.1. The molecule has 0 aromatic carbocycles. The van der Waals surface area contributed by atoms with E-state index in [0.717, 1.165) is 19.3 Å². The van der Waals surface area contributed by atoms with Crippen LogP contribution in [0.4, 0.5) is 0 Å². The molecule has 1 aliphatic rings. The zero-order chi connectivity index (χ0) is 14.0. The van der Waals surface area contributed by atoms with Crippen LogP contribution in [0.25, 0.3) is 0 Å². The van der Waals surface area contributed by atoms with E-state index in [1.165, 1.54) is 0 Å². The Morgan fingerprint density at radius 1 is 0.944 bits per heavy atom. The molecular weight excluding hydrogens is 284 g/mol. The summed E-state index contributed by atoms with van der Waals surface area (Å²) >= 11 is 0. The number of aliphatic hydroxyl groups is 1. The number of aliphatic hydroxyl groups excluding tert-OH is 1. The van der Waals surface area contributed by atoms with Gasteiger partial charge in [-0.05, 0) is 25.9 Å². The lowest BCUT2D eigenvalue weighted by Gasteiger charge is -2.38. The molecule has 5 N–H and O–H groups in total. The highest BCUT2D eigenvalue weighted by molar-refractivity contribution is 7.71. The molecule has 0 amide bonds. The van der Waals surface area contributed by atoms with Gasteiger partial charge in [0.1, 0.15) is 0 Å². The first-order valence-corrected chi connectivity index (χ1v) is 8.99. The maximum Gasteiger partial charge on any atom is 0.342 e. The molecule has 0 radical (unpaired) electrons. The van der Waals surface area contributed by atoms with E-state index in [-0.39, 0.29) is 0 Å². The second kappa shape index (κ2) is 6.11. The fraction of sp³-hybridized carbons (Fsp3) is 1.00. The SMILES string of the molecule is O=P(O)(O)C(C(CO)N1CCCCC1)P(=O)(O)O. The molecule has 108 valence electrons. The van der Waals surface area contributed by atoms with E-state index in [4.69, 9.17) is 19.6 Å². The molecule has 1 aliphatic heterocycles. The minimum atomic E-state index is -5.00. The molecule has 1 fully saturated rings. The van der Waals surface area contributed by atoms with Crippen molar-refractivity contribution in [2.45, 2.75) is 30.7 Å². The maximum atomic E-state index is 11.3. The van der Waals surface area contributed by atoms with Gasteiger partial charge in [0.2, 0.25) is 0 Å². The molecule has 1 saturated heterocycles. The average molecular weight is 303 g/mol. The summed E-state index contributed by atoms with van der Waals surface area (Å²) in [6.07, 6.45) is 2.53. The molecule has 1 rings (SSSR count). The quantitative estimate of drug-likeness (QED) is 0.429. The van der Waals surface area contributed by atoms with E-state index in [2.05, 4.69) is 0 Å². The molecule has 10 heteroatoms. The standard InChI is InChI=1S/C8H19NO7P2/c10-6-7(9-4-2-1-3-5-9)8(17(11,12)13)18(14,15)16/h7-8,10H,1-6H2,(H2,11,12,13)(H2,14,15,16). The van der Waals surface area contributed by atoms with Crippen LogP contribution in [0, 0.1) is 0 Å². The molecule has 0 saturated carbocycles. The highest BCUT2D eigenvalue weighted by atomic mass is 31.2. The van der Waals surface area contributed by atoms with Crippen molar-refractivity contribution in [1.82, 2.24) is 4.90 Å². The number of hydrogen-bond donors (Lipinski definition) is 5. The number of piperidine rings is 1.